The molecule has 1 saturated heterocycles. The molecule has 0 atom stereocenters. The fraction of sp³-hybridized carbons (Fsp3) is 0.632. The highest BCUT2D eigenvalue weighted by Gasteiger charge is 2.54. The van der Waals surface area contributed by atoms with Crippen molar-refractivity contribution in [3.8, 4) is 0 Å². The van der Waals surface area contributed by atoms with E-state index in [1.54, 1.807) is 6.07 Å². The molecule has 3 rings (SSSR count). The van der Waals surface area contributed by atoms with Crippen LogP contribution in [0.15, 0.2) is 18.2 Å². The molecule has 0 N–H and O–H groups in total. The summed E-state index contributed by atoms with van der Waals surface area (Å²) in [7, 11) is 0. The molecule has 0 unspecified atom stereocenters. The highest BCUT2D eigenvalue weighted by atomic mass is 35.5. The van der Waals surface area contributed by atoms with Gasteiger partial charge in [0.25, 0.3) is 5.91 Å². The first kappa shape index (κ1) is 17.7. The number of hydrazine groups is 1. The standard InChI is InChI=1S/C19H26ClFN2O/c1-19(2)18(24)23(16-8-6-4-3-5-7-9-16)22(19)13-14-12-15(21)10-11-17(14)20/h10-12,16H,3-9,13H2,1-2H3. The van der Waals surface area contributed by atoms with Crippen molar-refractivity contribution in [2.24, 2.45) is 0 Å². The average Bonchev–Trinajstić information content (AvgIpc) is 2.51. The second kappa shape index (κ2) is 7.01. The maximum Gasteiger partial charge on any atom is 0.258 e. The fourth-order valence-electron chi connectivity index (χ4n) is 3.87. The third-order valence-corrected chi connectivity index (χ3v) is 5.75. The highest BCUT2D eigenvalue weighted by molar-refractivity contribution is 6.31. The van der Waals surface area contributed by atoms with Gasteiger partial charge in [-0.1, -0.05) is 43.7 Å². The summed E-state index contributed by atoms with van der Waals surface area (Å²) in [5.74, 6) is -0.128. The van der Waals surface area contributed by atoms with Crippen LogP contribution >= 0.6 is 11.6 Å². The Hall–Kier alpha value is -1.13. The maximum absolute atomic E-state index is 13.6. The smallest absolute Gasteiger partial charge is 0.258 e. The molecule has 3 nitrogen and oxygen atoms in total. The zero-order chi connectivity index (χ0) is 17.3. The van der Waals surface area contributed by atoms with E-state index in [9.17, 15) is 9.18 Å². The Morgan fingerprint density at radius 3 is 2.46 bits per heavy atom. The molecule has 5 heteroatoms. The van der Waals surface area contributed by atoms with Gasteiger partial charge >= 0.3 is 0 Å². The number of rotatable bonds is 3. The molecule has 0 radical (unpaired) electrons. The van der Waals surface area contributed by atoms with Gasteiger partial charge < -0.3 is 0 Å². The minimum Gasteiger partial charge on any atom is -0.271 e. The Morgan fingerprint density at radius 2 is 1.79 bits per heavy atom. The van der Waals surface area contributed by atoms with Crippen LogP contribution in [0, 0.1) is 5.82 Å². The van der Waals surface area contributed by atoms with Gasteiger partial charge in [-0.25, -0.2) is 4.39 Å². The molecule has 0 aromatic heterocycles. The summed E-state index contributed by atoms with van der Waals surface area (Å²) >= 11 is 6.24. The van der Waals surface area contributed by atoms with Crippen molar-refractivity contribution in [2.45, 2.75) is 76.9 Å². The van der Waals surface area contributed by atoms with Crippen molar-refractivity contribution in [3.05, 3.63) is 34.6 Å². The third kappa shape index (κ3) is 3.31. The number of hydrogen-bond acceptors (Lipinski definition) is 2. The lowest BCUT2D eigenvalue weighted by molar-refractivity contribution is -0.230. The monoisotopic (exact) mass is 352 g/mol. The molecule has 2 fully saturated rings. The summed E-state index contributed by atoms with van der Waals surface area (Å²) in [5.41, 5.74) is 0.172. The van der Waals surface area contributed by atoms with Gasteiger partial charge in [0.1, 0.15) is 11.4 Å². The lowest BCUT2D eigenvalue weighted by Crippen LogP contribution is -2.76. The lowest BCUT2D eigenvalue weighted by atomic mass is 9.90. The Labute approximate surface area is 148 Å². The predicted octanol–water partition coefficient (Wildman–Crippen LogP) is 4.93. The summed E-state index contributed by atoms with van der Waals surface area (Å²) in [5, 5.41) is 4.54. The van der Waals surface area contributed by atoms with Crippen LogP contribution in [0.3, 0.4) is 0 Å². The number of halogens is 2. The zero-order valence-electron chi connectivity index (χ0n) is 14.5. The molecule has 24 heavy (non-hydrogen) atoms. The number of amides is 1. The molecule has 0 bridgehead atoms. The van der Waals surface area contributed by atoms with E-state index in [1.165, 1.54) is 44.2 Å². The van der Waals surface area contributed by atoms with E-state index in [0.29, 0.717) is 11.6 Å². The van der Waals surface area contributed by atoms with E-state index in [2.05, 4.69) is 5.01 Å². The summed E-state index contributed by atoms with van der Waals surface area (Å²) in [6.45, 7) is 4.33. The van der Waals surface area contributed by atoms with Crippen molar-refractivity contribution in [3.63, 3.8) is 0 Å². The van der Waals surface area contributed by atoms with Crippen LogP contribution in [0.4, 0.5) is 4.39 Å². The molecule has 1 aliphatic heterocycles. The number of hydrogen-bond donors (Lipinski definition) is 0. The molecule has 1 heterocycles. The molecule has 1 aromatic rings. The van der Waals surface area contributed by atoms with Gasteiger partial charge in [0, 0.05) is 17.6 Å². The van der Waals surface area contributed by atoms with Gasteiger partial charge in [-0.2, -0.15) is 5.01 Å². The van der Waals surface area contributed by atoms with Crippen LogP contribution in [0.2, 0.25) is 5.02 Å². The molecule has 1 amide bonds. The summed E-state index contributed by atoms with van der Waals surface area (Å²) < 4.78 is 13.6. The normalized spacial score (nSPS) is 22.8. The van der Waals surface area contributed by atoms with Crippen molar-refractivity contribution in [2.75, 3.05) is 0 Å². The van der Waals surface area contributed by atoms with Gasteiger partial charge in [0.05, 0.1) is 0 Å². The Bertz CT molecular complexity index is 611. The SMILES string of the molecule is CC1(C)C(=O)N(C2CCCCCCC2)N1Cc1cc(F)ccc1Cl. The Kier molecular flexibility index (Phi) is 5.16. The lowest BCUT2D eigenvalue weighted by Gasteiger charge is -2.58. The molecule has 0 spiro atoms. The molecular weight excluding hydrogens is 327 g/mol. The van der Waals surface area contributed by atoms with Crippen molar-refractivity contribution < 1.29 is 9.18 Å². The van der Waals surface area contributed by atoms with Crippen LogP contribution in [-0.4, -0.2) is 27.5 Å². The summed E-state index contributed by atoms with van der Waals surface area (Å²) in [6, 6.07) is 4.68. The van der Waals surface area contributed by atoms with Crippen molar-refractivity contribution >= 4 is 17.5 Å². The average molecular weight is 353 g/mol. The van der Waals surface area contributed by atoms with Gasteiger partial charge in [0.2, 0.25) is 0 Å². The van der Waals surface area contributed by atoms with Gasteiger partial charge in [0.15, 0.2) is 0 Å². The quantitative estimate of drug-likeness (QED) is 0.770. The number of benzene rings is 1. The fourth-order valence-corrected chi connectivity index (χ4v) is 4.04. The third-order valence-electron chi connectivity index (χ3n) is 5.39. The first-order valence-corrected chi connectivity index (χ1v) is 9.34. The first-order chi connectivity index (χ1) is 11.4. The molecular formula is C19H26ClFN2O. The topological polar surface area (TPSA) is 23.6 Å². The van der Waals surface area contributed by atoms with Crippen molar-refractivity contribution in [1.82, 2.24) is 10.0 Å². The highest BCUT2D eigenvalue weighted by Crippen LogP contribution is 2.38. The van der Waals surface area contributed by atoms with E-state index >= 15 is 0 Å². The van der Waals surface area contributed by atoms with Gasteiger partial charge in [-0.05, 0) is 50.5 Å². The first-order valence-electron chi connectivity index (χ1n) is 8.96. The van der Waals surface area contributed by atoms with Crippen molar-refractivity contribution in [1.29, 1.82) is 0 Å². The van der Waals surface area contributed by atoms with E-state index in [-0.39, 0.29) is 17.8 Å². The summed E-state index contributed by atoms with van der Waals surface area (Å²) in [4.78, 5) is 12.7. The zero-order valence-corrected chi connectivity index (χ0v) is 15.3. The van der Waals surface area contributed by atoms with E-state index < -0.39 is 5.54 Å². The minimum atomic E-state index is -0.558. The van der Waals surface area contributed by atoms with Crippen LogP contribution in [0.25, 0.3) is 0 Å². The van der Waals surface area contributed by atoms with Gasteiger partial charge in [-0.3, -0.25) is 9.80 Å². The Morgan fingerprint density at radius 1 is 1.17 bits per heavy atom. The number of nitrogens with zero attached hydrogens (tertiary/aromatic N) is 2. The summed E-state index contributed by atoms with van der Waals surface area (Å²) in [6.07, 6.45) is 8.24. The van der Waals surface area contributed by atoms with Gasteiger partial charge in [-0.15, -0.1) is 0 Å². The minimum absolute atomic E-state index is 0.167. The molecule has 132 valence electrons. The largest absolute Gasteiger partial charge is 0.271 e. The molecule has 1 aliphatic carbocycles. The molecule has 1 aromatic carbocycles. The molecule has 2 aliphatic rings. The number of carbonyl (C=O) groups excluding carboxylic acids is 1. The Balaban J connectivity index is 1.80. The predicted molar refractivity (Wildman–Crippen MR) is 94.0 cm³/mol. The second-order valence-corrected chi connectivity index (χ2v) is 7.91. The van der Waals surface area contributed by atoms with Crippen LogP contribution in [0.1, 0.15) is 64.4 Å². The second-order valence-electron chi connectivity index (χ2n) is 7.50. The van der Waals surface area contributed by atoms with Crippen LogP contribution in [-0.2, 0) is 11.3 Å². The van der Waals surface area contributed by atoms with E-state index in [1.807, 2.05) is 18.9 Å². The number of carbonyl (C=O) groups is 1. The maximum atomic E-state index is 13.6. The molecule has 1 saturated carbocycles. The van der Waals surface area contributed by atoms with E-state index in [4.69, 9.17) is 11.6 Å². The van der Waals surface area contributed by atoms with E-state index in [0.717, 1.165) is 18.4 Å². The van der Waals surface area contributed by atoms with Crippen LogP contribution < -0.4 is 0 Å². The van der Waals surface area contributed by atoms with Crippen LogP contribution in [0.5, 0.6) is 0 Å².